The van der Waals surface area contributed by atoms with Gasteiger partial charge in [-0.1, -0.05) is 60.1 Å². The zero-order valence-electron chi connectivity index (χ0n) is 11.7. The Bertz CT molecular complexity index is 552. The molecule has 0 heterocycles. The molecule has 0 bridgehead atoms. The highest BCUT2D eigenvalue weighted by atomic mass is 79.9. The second-order valence-electron chi connectivity index (χ2n) is 5.27. The lowest BCUT2D eigenvalue weighted by Gasteiger charge is -2.23. The van der Waals surface area contributed by atoms with Gasteiger partial charge in [-0.25, -0.2) is 0 Å². The molecular weight excluding hydrogens is 378 g/mol. The van der Waals surface area contributed by atoms with Crippen molar-refractivity contribution in [2.75, 3.05) is 11.9 Å². The normalized spacial score (nSPS) is 12.4. The summed E-state index contributed by atoms with van der Waals surface area (Å²) in [6, 6.07) is 16.9. The summed E-state index contributed by atoms with van der Waals surface area (Å²) in [6.07, 6.45) is 0. The van der Waals surface area contributed by atoms with Crippen molar-refractivity contribution in [3.63, 3.8) is 0 Å². The van der Waals surface area contributed by atoms with E-state index in [1.54, 1.807) is 0 Å². The molecule has 2 aromatic carbocycles. The van der Waals surface area contributed by atoms with Crippen LogP contribution in [0.3, 0.4) is 0 Å². The average molecular weight is 397 g/mol. The van der Waals surface area contributed by atoms with Crippen LogP contribution in [0.2, 0.25) is 0 Å². The van der Waals surface area contributed by atoms with Crippen molar-refractivity contribution >= 4 is 37.5 Å². The minimum absolute atomic E-state index is 0.506. The maximum absolute atomic E-state index is 3.60. The third-order valence-corrected chi connectivity index (χ3v) is 4.63. The summed E-state index contributed by atoms with van der Waals surface area (Å²) in [5, 5.41) is 3.55. The predicted molar refractivity (Wildman–Crippen MR) is 94.4 cm³/mol. The largest absolute Gasteiger partial charge is 0.384 e. The van der Waals surface area contributed by atoms with E-state index in [1.165, 1.54) is 5.56 Å². The first-order valence-electron chi connectivity index (χ1n) is 6.82. The van der Waals surface area contributed by atoms with Crippen LogP contribution >= 0.6 is 31.9 Å². The summed E-state index contributed by atoms with van der Waals surface area (Å²) in [6.45, 7) is 5.48. The van der Waals surface area contributed by atoms with E-state index in [2.05, 4.69) is 99.6 Å². The maximum Gasteiger partial charge on any atom is 0.0485 e. The van der Waals surface area contributed by atoms with Gasteiger partial charge in [0.15, 0.2) is 0 Å². The van der Waals surface area contributed by atoms with Crippen LogP contribution in [-0.2, 0) is 0 Å². The summed E-state index contributed by atoms with van der Waals surface area (Å²) < 4.78 is 2.17. The highest BCUT2D eigenvalue weighted by Gasteiger charge is 2.15. The third-order valence-electron chi connectivity index (χ3n) is 3.48. The molecule has 1 N–H and O–H groups in total. The minimum atomic E-state index is 0.506. The molecule has 0 amide bonds. The topological polar surface area (TPSA) is 12.0 Å². The molecule has 0 fully saturated rings. The van der Waals surface area contributed by atoms with E-state index < -0.39 is 0 Å². The van der Waals surface area contributed by atoms with Crippen molar-refractivity contribution in [3.8, 4) is 0 Å². The smallest absolute Gasteiger partial charge is 0.0485 e. The first kappa shape index (κ1) is 15.6. The Morgan fingerprint density at radius 2 is 1.70 bits per heavy atom. The number of halogens is 2. The van der Waals surface area contributed by atoms with E-state index in [0.717, 1.165) is 21.2 Å². The van der Waals surface area contributed by atoms with Crippen molar-refractivity contribution in [1.29, 1.82) is 0 Å². The Balaban J connectivity index is 2.10. The lowest BCUT2D eigenvalue weighted by atomic mass is 9.88. The quantitative estimate of drug-likeness (QED) is 0.647. The molecule has 0 saturated carbocycles. The van der Waals surface area contributed by atoms with Gasteiger partial charge in [0.1, 0.15) is 0 Å². The van der Waals surface area contributed by atoms with Gasteiger partial charge in [0.25, 0.3) is 0 Å². The number of nitrogens with one attached hydrogen (secondary N) is 1. The van der Waals surface area contributed by atoms with Crippen LogP contribution in [0.5, 0.6) is 0 Å². The van der Waals surface area contributed by atoms with Crippen molar-refractivity contribution in [3.05, 3.63) is 63.0 Å². The molecule has 0 saturated heterocycles. The van der Waals surface area contributed by atoms with E-state index in [9.17, 15) is 0 Å². The van der Waals surface area contributed by atoms with Crippen LogP contribution in [0.25, 0.3) is 0 Å². The van der Waals surface area contributed by atoms with Gasteiger partial charge in [0.05, 0.1) is 0 Å². The van der Waals surface area contributed by atoms with Crippen molar-refractivity contribution in [1.82, 2.24) is 0 Å². The number of anilines is 1. The Labute approximate surface area is 138 Å². The fourth-order valence-corrected chi connectivity index (χ4v) is 3.48. The van der Waals surface area contributed by atoms with Crippen LogP contribution in [-0.4, -0.2) is 6.54 Å². The fraction of sp³-hybridized carbons (Fsp3) is 0.294. The fourth-order valence-electron chi connectivity index (χ4n) is 2.29. The highest BCUT2D eigenvalue weighted by molar-refractivity contribution is 9.11. The second kappa shape index (κ2) is 7.28. The Morgan fingerprint density at radius 1 is 1.00 bits per heavy atom. The van der Waals surface area contributed by atoms with Gasteiger partial charge >= 0.3 is 0 Å². The van der Waals surface area contributed by atoms with E-state index in [1.807, 2.05) is 0 Å². The molecule has 2 rings (SSSR count). The number of hydrogen-bond acceptors (Lipinski definition) is 1. The molecule has 1 nitrogen and oxygen atoms in total. The second-order valence-corrected chi connectivity index (χ2v) is 7.04. The maximum atomic E-state index is 3.60. The molecule has 0 aliphatic heterocycles. The van der Waals surface area contributed by atoms with Crippen LogP contribution in [0, 0.1) is 5.92 Å². The van der Waals surface area contributed by atoms with Crippen molar-refractivity contribution in [2.24, 2.45) is 5.92 Å². The standard InChI is InChI=1S/C17H19Br2N/c1-12(2)15(13-6-4-3-5-7-13)11-20-17-9-8-14(18)10-16(17)19/h3-10,12,15,20H,11H2,1-2H3. The summed E-state index contributed by atoms with van der Waals surface area (Å²) in [5.74, 6) is 1.10. The predicted octanol–water partition coefficient (Wildman–Crippen LogP) is 6.06. The van der Waals surface area contributed by atoms with Gasteiger partial charge < -0.3 is 5.32 Å². The summed E-state index contributed by atoms with van der Waals surface area (Å²) in [5.41, 5.74) is 2.53. The molecule has 0 spiro atoms. The molecule has 3 heteroatoms. The molecule has 106 valence electrons. The van der Waals surface area contributed by atoms with Gasteiger partial charge in [0.2, 0.25) is 0 Å². The zero-order chi connectivity index (χ0) is 14.5. The van der Waals surface area contributed by atoms with Gasteiger partial charge in [-0.05, 0) is 45.6 Å². The van der Waals surface area contributed by atoms with E-state index in [0.29, 0.717) is 11.8 Å². The molecule has 0 aliphatic carbocycles. The van der Waals surface area contributed by atoms with E-state index >= 15 is 0 Å². The molecule has 1 unspecified atom stereocenters. The molecule has 1 atom stereocenters. The van der Waals surface area contributed by atoms with Crippen LogP contribution in [0.15, 0.2) is 57.5 Å². The van der Waals surface area contributed by atoms with Gasteiger partial charge in [-0.2, -0.15) is 0 Å². The van der Waals surface area contributed by atoms with Gasteiger partial charge in [-0.3, -0.25) is 0 Å². The molecule has 0 aliphatic rings. The average Bonchev–Trinajstić information content (AvgIpc) is 2.42. The minimum Gasteiger partial charge on any atom is -0.384 e. The molecule has 20 heavy (non-hydrogen) atoms. The zero-order valence-corrected chi connectivity index (χ0v) is 14.9. The Morgan fingerprint density at radius 3 is 2.30 bits per heavy atom. The highest BCUT2D eigenvalue weighted by Crippen LogP contribution is 2.29. The van der Waals surface area contributed by atoms with Gasteiger partial charge in [0, 0.05) is 27.1 Å². The summed E-state index contributed by atoms with van der Waals surface area (Å²) in [4.78, 5) is 0. The Hall–Kier alpha value is -0.800. The lowest BCUT2D eigenvalue weighted by molar-refractivity contribution is 0.517. The lowest BCUT2D eigenvalue weighted by Crippen LogP contribution is -2.17. The van der Waals surface area contributed by atoms with Crippen LogP contribution in [0.4, 0.5) is 5.69 Å². The van der Waals surface area contributed by atoms with Crippen molar-refractivity contribution in [2.45, 2.75) is 19.8 Å². The third kappa shape index (κ3) is 4.10. The summed E-state index contributed by atoms with van der Waals surface area (Å²) in [7, 11) is 0. The Kier molecular flexibility index (Phi) is 5.67. The van der Waals surface area contributed by atoms with E-state index in [-0.39, 0.29) is 0 Å². The van der Waals surface area contributed by atoms with Crippen LogP contribution in [0.1, 0.15) is 25.3 Å². The van der Waals surface area contributed by atoms with Crippen LogP contribution < -0.4 is 5.32 Å². The molecular formula is C17H19Br2N. The first-order valence-corrected chi connectivity index (χ1v) is 8.40. The monoisotopic (exact) mass is 395 g/mol. The van der Waals surface area contributed by atoms with E-state index in [4.69, 9.17) is 0 Å². The molecule has 2 aromatic rings. The SMILES string of the molecule is CC(C)C(CNc1ccc(Br)cc1Br)c1ccccc1. The van der Waals surface area contributed by atoms with Gasteiger partial charge in [-0.15, -0.1) is 0 Å². The molecule has 0 aromatic heterocycles. The first-order chi connectivity index (χ1) is 9.58. The number of hydrogen-bond donors (Lipinski definition) is 1. The molecule has 0 radical (unpaired) electrons. The summed E-state index contributed by atoms with van der Waals surface area (Å²) >= 11 is 7.08. The number of benzene rings is 2. The number of rotatable bonds is 5. The van der Waals surface area contributed by atoms with Crippen molar-refractivity contribution < 1.29 is 0 Å².